The molecule has 9 heteroatoms. The Kier molecular flexibility index (Phi) is 5.27. The third-order valence-electron chi connectivity index (χ3n) is 4.57. The molecule has 0 bridgehead atoms. The fraction of sp³-hybridized carbons (Fsp3) is 0.250. The molecule has 0 saturated carbocycles. The lowest BCUT2D eigenvalue weighted by Gasteiger charge is -2.22. The van der Waals surface area contributed by atoms with Crippen molar-refractivity contribution >= 4 is 17.5 Å². The molecule has 29 heavy (non-hydrogen) atoms. The predicted octanol–water partition coefficient (Wildman–Crippen LogP) is 0.700. The summed E-state index contributed by atoms with van der Waals surface area (Å²) in [5, 5.41) is 38.6. The second-order valence-electron chi connectivity index (χ2n) is 6.50. The number of hydrogen-bond donors (Lipinski definition) is 4. The van der Waals surface area contributed by atoms with E-state index in [4.69, 9.17) is 14.6 Å². The Morgan fingerprint density at radius 1 is 1.07 bits per heavy atom. The molecule has 1 aliphatic rings. The quantitative estimate of drug-likeness (QED) is 0.452. The number of fused-ring (bicyclic) bond motifs is 2. The molecule has 4 N–H and O–H groups in total. The van der Waals surface area contributed by atoms with Gasteiger partial charge in [-0.2, -0.15) is 0 Å². The van der Waals surface area contributed by atoms with E-state index >= 15 is 0 Å². The van der Waals surface area contributed by atoms with Gasteiger partial charge in [-0.3, -0.25) is 9.59 Å². The number of benzene rings is 2. The molecule has 0 spiro atoms. The third kappa shape index (κ3) is 3.30. The number of phenolic OH excluding ortho intramolecular Hbond substituents is 2. The van der Waals surface area contributed by atoms with Crippen molar-refractivity contribution in [2.45, 2.75) is 13.0 Å². The van der Waals surface area contributed by atoms with Crippen molar-refractivity contribution in [2.24, 2.45) is 0 Å². The number of aryl methyl sites for hydroxylation is 1. The van der Waals surface area contributed by atoms with E-state index in [2.05, 4.69) is 0 Å². The summed E-state index contributed by atoms with van der Waals surface area (Å²) < 4.78 is 9.95. The molecule has 2 aromatic rings. The fourth-order valence-corrected chi connectivity index (χ4v) is 3.21. The molecule has 0 aliphatic heterocycles. The molecular weight excluding hydrogens is 384 g/mol. The van der Waals surface area contributed by atoms with Crippen LogP contribution in [0.25, 0.3) is 0 Å². The van der Waals surface area contributed by atoms with Gasteiger partial charge in [0.15, 0.2) is 5.78 Å². The summed E-state index contributed by atoms with van der Waals surface area (Å²) in [4.78, 5) is 38.3. The summed E-state index contributed by atoms with van der Waals surface area (Å²) in [5.41, 5.74) is -0.905. The lowest BCUT2D eigenvalue weighted by molar-refractivity contribution is 0.00906. The molecule has 0 aromatic heterocycles. The standard InChI is InChI=1S/C20H18O9/c1-8-3-11-16(18(25)14(8)20(27)29-7-10(23)6-21)19(26)15-12(17(11)24)4-9(22)5-13(15)28-2/h3-5,10,21-23,25H,6-7H2,1-2H3/t10-/m0/s1. The highest BCUT2D eigenvalue weighted by Gasteiger charge is 2.37. The van der Waals surface area contributed by atoms with Gasteiger partial charge in [0, 0.05) is 17.2 Å². The first kappa shape index (κ1) is 20.3. The lowest BCUT2D eigenvalue weighted by atomic mass is 9.81. The fourth-order valence-electron chi connectivity index (χ4n) is 3.21. The van der Waals surface area contributed by atoms with E-state index in [0.29, 0.717) is 0 Å². The topological polar surface area (TPSA) is 151 Å². The Hall–Kier alpha value is -3.43. The van der Waals surface area contributed by atoms with Gasteiger partial charge in [-0.05, 0) is 24.6 Å². The molecule has 2 aromatic carbocycles. The zero-order valence-electron chi connectivity index (χ0n) is 15.6. The highest BCUT2D eigenvalue weighted by atomic mass is 16.5. The van der Waals surface area contributed by atoms with Crippen LogP contribution in [0.3, 0.4) is 0 Å². The van der Waals surface area contributed by atoms with Crippen LogP contribution in [0.4, 0.5) is 0 Å². The number of hydrogen-bond acceptors (Lipinski definition) is 9. The largest absolute Gasteiger partial charge is 0.508 e. The number of methoxy groups -OCH3 is 1. The first-order valence-electron chi connectivity index (χ1n) is 8.54. The number of carbonyl (C=O) groups is 3. The van der Waals surface area contributed by atoms with E-state index in [1.54, 1.807) is 0 Å². The summed E-state index contributed by atoms with van der Waals surface area (Å²) in [6.07, 6.45) is -1.30. The van der Waals surface area contributed by atoms with Crippen molar-refractivity contribution in [1.82, 2.24) is 0 Å². The lowest BCUT2D eigenvalue weighted by Crippen LogP contribution is -2.25. The molecule has 0 radical (unpaired) electrons. The maximum absolute atomic E-state index is 13.1. The number of phenols is 2. The van der Waals surface area contributed by atoms with Crippen molar-refractivity contribution in [3.8, 4) is 17.2 Å². The minimum atomic E-state index is -1.30. The zero-order valence-corrected chi connectivity index (χ0v) is 15.6. The number of carbonyl (C=O) groups excluding carboxylic acids is 3. The van der Waals surface area contributed by atoms with E-state index in [-0.39, 0.29) is 44.9 Å². The first-order valence-corrected chi connectivity index (χ1v) is 8.54. The van der Waals surface area contributed by atoms with Crippen molar-refractivity contribution in [3.05, 3.63) is 51.6 Å². The Labute approximate surface area is 164 Å². The van der Waals surface area contributed by atoms with Crippen LogP contribution in [-0.4, -0.2) is 64.4 Å². The van der Waals surface area contributed by atoms with Crippen LogP contribution < -0.4 is 4.74 Å². The van der Waals surface area contributed by atoms with Gasteiger partial charge in [-0.15, -0.1) is 0 Å². The second-order valence-corrected chi connectivity index (χ2v) is 6.50. The van der Waals surface area contributed by atoms with Gasteiger partial charge in [-0.25, -0.2) is 4.79 Å². The Balaban J connectivity index is 2.15. The molecule has 1 aliphatic carbocycles. The average molecular weight is 402 g/mol. The summed E-state index contributed by atoms with van der Waals surface area (Å²) >= 11 is 0. The Bertz CT molecular complexity index is 1040. The van der Waals surface area contributed by atoms with Gasteiger partial charge in [0.05, 0.1) is 24.8 Å². The number of rotatable bonds is 5. The van der Waals surface area contributed by atoms with Gasteiger partial charge >= 0.3 is 5.97 Å². The van der Waals surface area contributed by atoms with Crippen LogP contribution in [0, 0.1) is 6.92 Å². The summed E-state index contributed by atoms with van der Waals surface area (Å²) in [7, 11) is 1.26. The van der Waals surface area contributed by atoms with Crippen LogP contribution in [-0.2, 0) is 4.74 Å². The van der Waals surface area contributed by atoms with Crippen LogP contribution >= 0.6 is 0 Å². The molecule has 0 heterocycles. The Morgan fingerprint density at radius 3 is 2.34 bits per heavy atom. The SMILES string of the molecule is COc1cc(O)cc2c1C(=O)c1c(cc(C)c(C(=O)OC[C@@H](O)CO)c1O)C2=O. The van der Waals surface area contributed by atoms with Crippen LogP contribution in [0.15, 0.2) is 18.2 Å². The van der Waals surface area contributed by atoms with E-state index in [1.807, 2.05) is 0 Å². The predicted molar refractivity (Wildman–Crippen MR) is 97.7 cm³/mol. The molecule has 0 amide bonds. The molecule has 152 valence electrons. The zero-order chi connectivity index (χ0) is 21.5. The third-order valence-corrected chi connectivity index (χ3v) is 4.57. The van der Waals surface area contributed by atoms with E-state index in [1.165, 1.54) is 20.1 Å². The molecule has 0 saturated heterocycles. The summed E-state index contributed by atoms with van der Waals surface area (Å²) in [6.45, 7) is 0.294. The molecule has 1 atom stereocenters. The number of aromatic hydroxyl groups is 2. The molecule has 3 rings (SSSR count). The van der Waals surface area contributed by atoms with Crippen molar-refractivity contribution < 1.29 is 44.3 Å². The number of ketones is 2. The van der Waals surface area contributed by atoms with Crippen molar-refractivity contribution in [3.63, 3.8) is 0 Å². The van der Waals surface area contributed by atoms with E-state index in [9.17, 15) is 29.7 Å². The summed E-state index contributed by atoms with van der Waals surface area (Å²) in [6, 6.07) is 3.56. The number of aliphatic hydroxyl groups is 2. The van der Waals surface area contributed by atoms with Crippen LogP contribution in [0.2, 0.25) is 0 Å². The highest BCUT2D eigenvalue weighted by molar-refractivity contribution is 6.31. The first-order chi connectivity index (χ1) is 13.7. The molecule has 0 unspecified atom stereocenters. The van der Waals surface area contributed by atoms with Crippen molar-refractivity contribution in [1.29, 1.82) is 0 Å². The monoisotopic (exact) mass is 402 g/mol. The van der Waals surface area contributed by atoms with Gasteiger partial charge < -0.3 is 29.9 Å². The average Bonchev–Trinajstić information content (AvgIpc) is 2.68. The normalized spacial score (nSPS) is 13.5. The Morgan fingerprint density at radius 2 is 1.72 bits per heavy atom. The number of esters is 1. The van der Waals surface area contributed by atoms with Gasteiger partial charge in [0.1, 0.15) is 35.5 Å². The maximum atomic E-state index is 13.1. The second kappa shape index (κ2) is 7.53. The highest BCUT2D eigenvalue weighted by Crippen LogP contribution is 2.41. The minimum absolute atomic E-state index is 0.0563. The number of ether oxygens (including phenoxy) is 2. The molecular formula is C20H18O9. The van der Waals surface area contributed by atoms with Gasteiger partial charge in [-0.1, -0.05) is 0 Å². The minimum Gasteiger partial charge on any atom is -0.508 e. The smallest absolute Gasteiger partial charge is 0.342 e. The van der Waals surface area contributed by atoms with Crippen molar-refractivity contribution in [2.75, 3.05) is 20.3 Å². The summed E-state index contributed by atoms with van der Waals surface area (Å²) in [5.74, 6) is -3.47. The van der Waals surface area contributed by atoms with Crippen LogP contribution in [0.1, 0.15) is 47.8 Å². The van der Waals surface area contributed by atoms with E-state index in [0.717, 1.165) is 12.1 Å². The van der Waals surface area contributed by atoms with E-state index < -0.39 is 42.6 Å². The van der Waals surface area contributed by atoms with Gasteiger partial charge in [0.25, 0.3) is 0 Å². The molecule has 0 fully saturated rings. The van der Waals surface area contributed by atoms with Gasteiger partial charge in [0.2, 0.25) is 5.78 Å². The van der Waals surface area contributed by atoms with Crippen LogP contribution in [0.5, 0.6) is 17.2 Å². The maximum Gasteiger partial charge on any atom is 0.342 e. The number of aliphatic hydroxyl groups excluding tert-OH is 2. The molecule has 9 nitrogen and oxygen atoms in total.